The van der Waals surface area contributed by atoms with Crippen molar-refractivity contribution in [2.24, 2.45) is 5.92 Å². The van der Waals surface area contributed by atoms with Crippen LogP contribution in [-0.2, 0) is 16.4 Å². The summed E-state index contributed by atoms with van der Waals surface area (Å²) in [6.07, 6.45) is 4.48. The molecule has 1 saturated heterocycles. The van der Waals surface area contributed by atoms with E-state index in [0.717, 1.165) is 34.9 Å². The summed E-state index contributed by atoms with van der Waals surface area (Å²) in [4.78, 5) is 14.4. The molecule has 0 unspecified atom stereocenters. The maximum absolute atomic E-state index is 11.6. The van der Waals surface area contributed by atoms with Gasteiger partial charge in [0, 0.05) is 23.7 Å². The molecule has 1 aliphatic heterocycles. The molecule has 0 aromatic carbocycles. The Morgan fingerprint density at radius 1 is 1.35 bits per heavy atom. The van der Waals surface area contributed by atoms with Crippen molar-refractivity contribution in [1.82, 2.24) is 19.3 Å². The van der Waals surface area contributed by atoms with Gasteiger partial charge in [0.15, 0.2) is 0 Å². The van der Waals surface area contributed by atoms with Crippen LogP contribution >= 0.6 is 11.3 Å². The fourth-order valence-corrected chi connectivity index (χ4v) is 4.57. The first-order valence-corrected chi connectivity index (χ1v) is 10.2. The maximum Gasteiger partial charge on any atom is 0.211 e. The van der Waals surface area contributed by atoms with Crippen LogP contribution in [0.15, 0.2) is 12.4 Å². The topological polar surface area (TPSA) is 76.1 Å². The number of aryl methyl sites for hydroxylation is 2. The van der Waals surface area contributed by atoms with E-state index in [1.807, 2.05) is 13.0 Å². The van der Waals surface area contributed by atoms with Crippen molar-refractivity contribution in [1.29, 1.82) is 0 Å². The molecule has 23 heavy (non-hydrogen) atoms. The molecule has 1 fully saturated rings. The summed E-state index contributed by atoms with van der Waals surface area (Å²) in [6, 6.07) is 1.97. The Morgan fingerprint density at radius 2 is 2.13 bits per heavy atom. The second kappa shape index (κ2) is 6.26. The minimum Gasteiger partial charge on any atom is -0.241 e. The fourth-order valence-electron chi connectivity index (χ4n) is 2.77. The first-order valence-electron chi connectivity index (χ1n) is 7.53. The smallest absolute Gasteiger partial charge is 0.211 e. The van der Waals surface area contributed by atoms with E-state index in [9.17, 15) is 8.42 Å². The zero-order chi connectivity index (χ0) is 16.6. The molecule has 1 aliphatic rings. The molecule has 3 rings (SSSR count). The Balaban J connectivity index is 1.74. The standard InChI is InChI=1S/C15H20N4O2S2/c1-10-11(2)22-15(18-10)14-7-13(16-9-17-14)6-12-4-5-19(8-12)23(3,20)21/h7,9,12H,4-6,8H2,1-3H3/t12-/m1/s1. The van der Waals surface area contributed by atoms with E-state index in [0.29, 0.717) is 19.0 Å². The number of sulfonamides is 1. The van der Waals surface area contributed by atoms with Gasteiger partial charge in [0.1, 0.15) is 17.0 Å². The number of hydrogen-bond acceptors (Lipinski definition) is 6. The highest BCUT2D eigenvalue weighted by molar-refractivity contribution is 7.88. The van der Waals surface area contributed by atoms with Gasteiger partial charge in [0.25, 0.3) is 0 Å². The highest BCUT2D eigenvalue weighted by atomic mass is 32.2. The van der Waals surface area contributed by atoms with Crippen LogP contribution in [0.4, 0.5) is 0 Å². The minimum atomic E-state index is -3.09. The first-order chi connectivity index (χ1) is 10.8. The fraction of sp³-hybridized carbons (Fsp3) is 0.533. The Morgan fingerprint density at radius 3 is 2.74 bits per heavy atom. The predicted octanol–water partition coefficient (Wildman–Crippen LogP) is 2.04. The number of nitrogens with zero attached hydrogens (tertiary/aromatic N) is 4. The number of thiazole rings is 1. The van der Waals surface area contributed by atoms with Crippen molar-refractivity contribution in [2.45, 2.75) is 26.7 Å². The van der Waals surface area contributed by atoms with Crippen molar-refractivity contribution in [3.63, 3.8) is 0 Å². The van der Waals surface area contributed by atoms with Crippen molar-refractivity contribution in [3.05, 3.63) is 28.7 Å². The van der Waals surface area contributed by atoms with Crippen LogP contribution in [0, 0.1) is 19.8 Å². The van der Waals surface area contributed by atoms with E-state index < -0.39 is 10.0 Å². The van der Waals surface area contributed by atoms with Crippen molar-refractivity contribution >= 4 is 21.4 Å². The summed E-state index contributed by atoms with van der Waals surface area (Å²) in [5.41, 5.74) is 2.82. The van der Waals surface area contributed by atoms with Gasteiger partial charge in [-0.05, 0) is 38.7 Å². The number of rotatable bonds is 4. The zero-order valence-electron chi connectivity index (χ0n) is 13.5. The molecule has 0 radical (unpaired) electrons. The molecule has 0 spiro atoms. The summed E-state index contributed by atoms with van der Waals surface area (Å²) in [5.74, 6) is 0.312. The summed E-state index contributed by atoms with van der Waals surface area (Å²) in [7, 11) is -3.09. The summed E-state index contributed by atoms with van der Waals surface area (Å²) >= 11 is 1.63. The third kappa shape index (κ3) is 3.76. The number of aromatic nitrogens is 3. The minimum absolute atomic E-state index is 0.312. The van der Waals surface area contributed by atoms with E-state index in [1.54, 1.807) is 22.0 Å². The van der Waals surface area contributed by atoms with Crippen LogP contribution in [0.3, 0.4) is 0 Å². The molecule has 6 nitrogen and oxygen atoms in total. The molecule has 0 saturated carbocycles. The molecule has 8 heteroatoms. The van der Waals surface area contributed by atoms with Crippen LogP contribution in [0.25, 0.3) is 10.7 Å². The molecule has 2 aromatic heterocycles. The molecule has 0 aliphatic carbocycles. The molecule has 124 valence electrons. The van der Waals surface area contributed by atoms with E-state index in [-0.39, 0.29) is 0 Å². The molecule has 0 bridgehead atoms. The second-order valence-electron chi connectivity index (χ2n) is 6.04. The molecular weight excluding hydrogens is 332 g/mol. The molecule has 2 aromatic rings. The van der Waals surface area contributed by atoms with Gasteiger partial charge >= 0.3 is 0 Å². The predicted molar refractivity (Wildman–Crippen MR) is 90.8 cm³/mol. The molecule has 3 heterocycles. The van der Waals surface area contributed by atoms with Gasteiger partial charge in [-0.3, -0.25) is 0 Å². The van der Waals surface area contributed by atoms with Gasteiger partial charge in [-0.25, -0.2) is 27.7 Å². The van der Waals surface area contributed by atoms with Gasteiger partial charge in [-0.15, -0.1) is 11.3 Å². The van der Waals surface area contributed by atoms with Crippen LogP contribution in [0.5, 0.6) is 0 Å². The van der Waals surface area contributed by atoms with Crippen molar-refractivity contribution < 1.29 is 8.42 Å². The zero-order valence-corrected chi connectivity index (χ0v) is 15.1. The lowest BCUT2D eigenvalue weighted by atomic mass is 10.0. The van der Waals surface area contributed by atoms with Gasteiger partial charge in [0.05, 0.1) is 11.9 Å². The van der Waals surface area contributed by atoms with E-state index >= 15 is 0 Å². The SMILES string of the molecule is Cc1nc(-c2cc(C[C@H]3CCN(S(C)(=O)=O)C3)ncn2)sc1C. The third-order valence-electron chi connectivity index (χ3n) is 4.19. The average Bonchev–Trinajstić information content (AvgIpc) is 3.07. The highest BCUT2D eigenvalue weighted by Gasteiger charge is 2.28. The Hall–Kier alpha value is -1.38. The van der Waals surface area contributed by atoms with Gasteiger partial charge in [-0.1, -0.05) is 0 Å². The Labute approximate surface area is 140 Å². The van der Waals surface area contributed by atoms with Crippen molar-refractivity contribution in [2.75, 3.05) is 19.3 Å². The lowest BCUT2D eigenvalue weighted by Crippen LogP contribution is -2.27. The monoisotopic (exact) mass is 352 g/mol. The lowest BCUT2D eigenvalue weighted by Gasteiger charge is -2.13. The normalized spacial score (nSPS) is 19.3. The highest BCUT2D eigenvalue weighted by Crippen LogP contribution is 2.27. The lowest BCUT2D eigenvalue weighted by molar-refractivity contribution is 0.459. The molecule has 0 amide bonds. The Bertz CT molecular complexity index is 797. The van der Waals surface area contributed by atoms with E-state index in [1.165, 1.54) is 11.1 Å². The molecular formula is C15H20N4O2S2. The van der Waals surface area contributed by atoms with Crippen LogP contribution < -0.4 is 0 Å². The third-order valence-corrected chi connectivity index (χ3v) is 6.55. The second-order valence-corrected chi connectivity index (χ2v) is 9.22. The van der Waals surface area contributed by atoms with E-state index in [2.05, 4.69) is 21.9 Å². The largest absolute Gasteiger partial charge is 0.241 e. The van der Waals surface area contributed by atoms with Crippen LogP contribution in [0.2, 0.25) is 0 Å². The van der Waals surface area contributed by atoms with Crippen LogP contribution in [-0.4, -0.2) is 47.0 Å². The molecule has 1 atom stereocenters. The summed E-state index contributed by atoms with van der Waals surface area (Å²) < 4.78 is 24.7. The first kappa shape index (κ1) is 16.5. The Kier molecular flexibility index (Phi) is 4.48. The van der Waals surface area contributed by atoms with Gasteiger partial charge in [0.2, 0.25) is 10.0 Å². The summed E-state index contributed by atoms with van der Waals surface area (Å²) in [6.45, 7) is 5.23. The van der Waals surface area contributed by atoms with Gasteiger partial charge < -0.3 is 0 Å². The molecule has 0 N–H and O–H groups in total. The average molecular weight is 352 g/mol. The quantitative estimate of drug-likeness (QED) is 0.842. The van der Waals surface area contributed by atoms with Gasteiger partial charge in [-0.2, -0.15) is 0 Å². The van der Waals surface area contributed by atoms with E-state index in [4.69, 9.17) is 0 Å². The summed E-state index contributed by atoms with van der Waals surface area (Å²) in [5, 5.41) is 0.910. The van der Waals surface area contributed by atoms with Crippen LogP contribution in [0.1, 0.15) is 22.7 Å². The maximum atomic E-state index is 11.6. The number of hydrogen-bond donors (Lipinski definition) is 0. The van der Waals surface area contributed by atoms with Crippen molar-refractivity contribution in [3.8, 4) is 10.7 Å².